The third-order valence-corrected chi connectivity index (χ3v) is 4.94. The fraction of sp³-hybridized carbons (Fsp3) is 0.333. The Morgan fingerprint density at radius 2 is 1.71 bits per heavy atom. The van der Waals surface area contributed by atoms with Gasteiger partial charge in [-0.15, -0.1) is 0 Å². The molecule has 2 aliphatic rings. The van der Waals surface area contributed by atoms with E-state index in [9.17, 15) is 9.59 Å². The average molecular weight is 381 g/mol. The molecular formula is C21H23N3O4. The van der Waals surface area contributed by atoms with E-state index in [0.717, 1.165) is 11.1 Å². The number of rotatable bonds is 6. The van der Waals surface area contributed by atoms with Crippen LogP contribution < -0.4 is 14.8 Å². The molecule has 0 atom stereocenters. The van der Waals surface area contributed by atoms with Gasteiger partial charge < -0.3 is 24.6 Å². The summed E-state index contributed by atoms with van der Waals surface area (Å²) in [6.07, 6.45) is 0. The Bertz CT molecular complexity index is 882. The molecule has 28 heavy (non-hydrogen) atoms. The molecule has 1 N–H and O–H groups in total. The molecule has 2 aliphatic heterocycles. The molecular weight excluding hydrogens is 358 g/mol. The van der Waals surface area contributed by atoms with Crippen LogP contribution in [0.25, 0.3) is 0 Å². The fourth-order valence-electron chi connectivity index (χ4n) is 3.32. The standard InChI is InChI=1S/C21H23N3O4/c1-15-2-4-16(5-3-15)12-23-8-9-24(21(23)26)13-20(25)22-11-17-6-7-18-19(10-17)28-14-27-18/h2-7,10H,8-9,11-14H2,1H3,(H,22,25). The Kier molecular flexibility index (Phi) is 5.06. The Morgan fingerprint density at radius 3 is 2.54 bits per heavy atom. The van der Waals surface area contributed by atoms with Crippen molar-refractivity contribution in [3.05, 3.63) is 59.2 Å². The molecule has 2 aromatic carbocycles. The second-order valence-corrected chi connectivity index (χ2v) is 7.08. The highest BCUT2D eigenvalue weighted by Gasteiger charge is 2.29. The van der Waals surface area contributed by atoms with E-state index in [0.29, 0.717) is 37.7 Å². The van der Waals surface area contributed by atoms with Crippen molar-refractivity contribution in [3.8, 4) is 11.5 Å². The van der Waals surface area contributed by atoms with Crippen LogP contribution in [0, 0.1) is 6.92 Å². The summed E-state index contributed by atoms with van der Waals surface area (Å²) in [6, 6.07) is 13.6. The highest BCUT2D eigenvalue weighted by Crippen LogP contribution is 2.32. The van der Waals surface area contributed by atoms with Crippen LogP contribution in [0.1, 0.15) is 16.7 Å². The summed E-state index contributed by atoms with van der Waals surface area (Å²) in [5.74, 6) is 1.22. The zero-order valence-corrected chi connectivity index (χ0v) is 15.8. The highest BCUT2D eigenvalue weighted by molar-refractivity contribution is 5.85. The first-order valence-electron chi connectivity index (χ1n) is 9.33. The molecule has 0 spiro atoms. The first kappa shape index (κ1) is 18.2. The Labute approximate surface area is 163 Å². The number of carbonyl (C=O) groups excluding carboxylic acids is 2. The zero-order valence-electron chi connectivity index (χ0n) is 15.8. The highest BCUT2D eigenvalue weighted by atomic mass is 16.7. The topological polar surface area (TPSA) is 71.1 Å². The van der Waals surface area contributed by atoms with Gasteiger partial charge in [0, 0.05) is 26.2 Å². The second kappa shape index (κ2) is 7.80. The number of nitrogens with zero attached hydrogens (tertiary/aromatic N) is 2. The van der Waals surface area contributed by atoms with Crippen LogP contribution in [0.5, 0.6) is 11.5 Å². The van der Waals surface area contributed by atoms with E-state index in [1.807, 2.05) is 49.4 Å². The molecule has 0 aromatic heterocycles. The third kappa shape index (κ3) is 4.03. The molecule has 7 heteroatoms. The molecule has 2 aromatic rings. The summed E-state index contributed by atoms with van der Waals surface area (Å²) >= 11 is 0. The van der Waals surface area contributed by atoms with E-state index in [4.69, 9.17) is 9.47 Å². The van der Waals surface area contributed by atoms with Crippen LogP contribution in [-0.2, 0) is 17.9 Å². The molecule has 146 valence electrons. The number of nitrogens with one attached hydrogen (secondary N) is 1. The summed E-state index contributed by atoms with van der Waals surface area (Å²) in [7, 11) is 0. The lowest BCUT2D eigenvalue weighted by Crippen LogP contribution is -2.39. The van der Waals surface area contributed by atoms with Gasteiger partial charge in [-0.3, -0.25) is 4.79 Å². The van der Waals surface area contributed by atoms with Gasteiger partial charge in [-0.1, -0.05) is 35.9 Å². The van der Waals surface area contributed by atoms with Crippen molar-refractivity contribution in [1.29, 1.82) is 0 Å². The van der Waals surface area contributed by atoms with Gasteiger partial charge in [-0.25, -0.2) is 4.79 Å². The maximum atomic E-state index is 12.6. The van der Waals surface area contributed by atoms with E-state index < -0.39 is 0 Å². The van der Waals surface area contributed by atoms with Gasteiger partial charge in [0.15, 0.2) is 11.5 Å². The Hall–Kier alpha value is -3.22. The molecule has 0 aliphatic carbocycles. The van der Waals surface area contributed by atoms with Gasteiger partial charge >= 0.3 is 6.03 Å². The SMILES string of the molecule is Cc1ccc(CN2CCN(CC(=O)NCc3ccc4c(c3)OCO4)C2=O)cc1. The van der Waals surface area contributed by atoms with Crippen molar-refractivity contribution in [1.82, 2.24) is 15.1 Å². The molecule has 0 unspecified atom stereocenters. The van der Waals surface area contributed by atoms with Crippen molar-refractivity contribution >= 4 is 11.9 Å². The van der Waals surface area contributed by atoms with Crippen molar-refractivity contribution in [2.24, 2.45) is 0 Å². The van der Waals surface area contributed by atoms with Crippen LogP contribution >= 0.6 is 0 Å². The third-order valence-electron chi connectivity index (χ3n) is 4.94. The van der Waals surface area contributed by atoms with E-state index in [1.54, 1.807) is 9.80 Å². The number of aryl methyl sites for hydroxylation is 1. The van der Waals surface area contributed by atoms with Gasteiger partial charge in [0.25, 0.3) is 0 Å². The number of urea groups is 1. The summed E-state index contributed by atoms with van der Waals surface area (Å²) in [5, 5.41) is 2.86. The van der Waals surface area contributed by atoms with Crippen molar-refractivity contribution < 1.29 is 19.1 Å². The van der Waals surface area contributed by atoms with E-state index in [1.165, 1.54) is 5.56 Å². The van der Waals surface area contributed by atoms with E-state index in [-0.39, 0.29) is 25.3 Å². The predicted octanol–water partition coefficient (Wildman–Crippen LogP) is 2.28. The van der Waals surface area contributed by atoms with Gasteiger partial charge in [-0.2, -0.15) is 0 Å². The average Bonchev–Trinajstić information content (AvgIpc) is 3.29. The molecule has 1 saturated heterocycles. The number of fused-ring (bicyclic) bond motifs is 1. The van der Waals surface area contributed by atoms with Gasteiger partial charge in [-0.05, 0) is 30.2 Å². The lowest BCUT2D eigenvalue weighted by molar-refractivity contribution is -0.121. The smallest absolute Gasteiger partial charge is 0.320 e. The number of ether oxygens (including phenoxy) is 2. The van der Waals surface area contributed by atoms with E-state index in [2.05, 4.69) is 5.32 Å². The fourth-order valence-corrected chi connectivity index (χ4v) is 3.32. The van der Waals surface area contributed by atoms with Crippen LogP contribution in [0.2, 0.25) is 0 Å². The Morgan fingerprint density at radius 1 is 1.00 bits per heavy atom. The quantitative estimate of drug-likeness (QED) is 0.833. The maximum absolute atomic E-state index is 12.6. The first-order chi connectivity index (χ1) is 13.6. The molecule has 1 fully saturated rings. The van der Waals surface area contributed by atoms with E-state index >= 15 is 0 Å². The Balaban J connectivity index is 1.26. The molecule has 2 heterocycles. The zero-order chi connectivity index (χ0) is 19.5. The molecule has 0 bridgehead atoms. The van der Waals surface area contributed by atoms with Crippen LogP contribution in [-0.4, -0.2) is 48.2 Å². The van der Waals surface area contributed by atoms with Crippen LogP contribution in [0.4, 0.5) is 4.79 Å². The van der Waals surface area contributed by atoms with Gasteiger partial charge in [0.05, 0.1) is 0 Å². The summed E-state index contributed by atoms with van der Waals surface area (Å²) < 4.78 is 10.6. The van der Waals surface area contributed by atoms with Crippen molar-refractivity contribution in [2.75, 3.05) is 26.4 Å². The molecule has 0 saturated carbocycles. The summed E-state index contributed by atoms with van der Waals surface area (Å²) in [4.78, 5) is 28.2. The molecule has 4 rings (SSSR count). The minimum Gasteiger partial charge on any atom is -0.454 e. The molecule has 7 nitrogen and oxygen atoms in total. The van der Waals surface area contributed by atoms with Gasteiger partial charge in [0.1, 0.15) is 6.54 Å². The first-order valence-corrected chi connectivity index (χ1v) is 9.33. The van der Waals surface area contributed by atoms with Gasteiger partial charge in [0.2, 0.25) is 12.7 Å². The monoisotopic (exact) mass is 381 g/mol. The number of benzene rings is 2. The lowest BCUT2D eigenvalue weighted by atomic mass is 10.1. The number of hydrogen-bond acceptors (Lipinski definition) is 4. The number of carbonyl (C=O) groups is 2. The lowest BCUT2D eigenvalue weighted by Gasteiger charge is -2.18. The molecule has 0 radical (unpaired) electrons. The number of amides is 3. The minimum atomic E-state index is -0.178. The van der Waals surface area contributed by atoms with Crippen molar-refractivity contribution in [2.45, 2.75) is 20.0 Å². The largest absolute Gasteiger partial charge is 0.454 e. The van der Waals surface area contributed by atoms with Crippen LogP contribution in [0.15, 0.2) is 42.5 Å². The molecule has 3 amide bonds. The normalized spacial score (nSPS) is 15.2. The predicted molar refractivity (Wildman–Crippen MR) is 103 cm³/mol. The van der Waals surface area contributed by atoms with Crippen LogP contribution in [0.3, 0.4) is 0 Å². The minimum absolute atomic E-state index is 0.0633. The second-order valence-electron chi connectivity index (χ2n) is 7.08. The summed E-state index contributed by atoms with van der Waals surface area (Å²) in [5.41, 5.74) is 3.21. The summed E-state index contributed by atoms with van der Waals surface area (Å²) in [6.45, 7) is 4.45. The maximum Gasteiger partial charge on any atom is 0.320 e. The number of hydrogen-bond donors (Lipinski definition) is 1. The van der Waals surface area contributed by atoms with Crippen molar-refractivity contribution in [3.63, 3.8) is 0 Å².